The van der Waals surface area contributed by atoms with Gasteiger partial charge in [0.15, 0.2) is 17.4 Å². The molecular formula is C29H33N5O5. The number of methoxy groups -OCH3 is 1. The highest BCUT2D eigenvalue weighted by atomic mass is 16.5. The number of ether oxygens (including phenoxy) is 2. The van der Waals surface area contributed by atoms with E-state index in [9.17, 15) is 14.4 Å². The summed E-state index contributed by atoms with van der Waals surface area (Å²) in [5.41, 5.74) is 0.953. The summed E-state index contributed by atoms with van der Waals surface area (Å²) >= 11 is 0. The van der Waals surface area contributed by atoms with Crippen molar-refractivity contribution in [1.82, 2.24) is 24.6 Å². The average Bonchev–Trinajstić information content (AvgIpc) is 3.26. The van der Waals surface area contributed by atoms with Crippen LogP contribution in [0.2, 0.25) is 0 Å². The SMILES string of the molecule is CO[C@H]1CC[C@H](CC(=O)[C@@H]2C[C@H]3C[C@H]3N2C(=O)Cn2nc(C(C)=O)c3cc(OCc4ncccn4)ccc32)C1. The normalized spacial score (nSPS) is 25.6. The molecule has 1 saturated heterocycles. The zero-order chi connectivity index (χ0) is 27.1. The zero-order valence-corrected chi connectivity index (χ0v) is 22.3. The van der Waals surface area contributed by atoms with Crippen molar-refractivity contribution >= 4 is 28.4 Å². The van der Waals surface area contributed by atoms with Crippen LogP contribution in [0.4, 0.5) is 0 Å². The molecule has 2 saturated carbocycles. The largest absolute Gasteiger partial charge is 0.486 e. The molecule has 10 heteroatoms. The highest BCUT2D eigenvalue weighted by Crippen LogP contribution is 2.49. The Morgan fingerprint density at radius 3 is 2.64 bits per heavy atom. The summed E-state index contributed by atoms with van der Waals surface area (Å²) < 4.78 is 12.9. The van der Waals surface area contributed by atoms with Gasteiger partial charge in [-0.25, -0.2) is 9.97 Å². The highest BCUT2D eigenvalue weighted by Gasteiger charge is 2.55. The maximum absolute atomic E-state index is 13.6. The van der Waals surface area contributed by atoms with Crippen LogP contribution in [0.3, 0.4) is 0 Å². The van der Waals surface area contributed by atoms with Gasteiger partial charge in [0.2, 0.25) is 5.91 Å². The summed E-state index contributed by atoms with van der Waals surface area (Å²) in [6.07, 6.45) is 8.64. The van der Waals surface area contributed by atoms with Gasteiger partial charge in [0.05, 0.1) is 17.7 Å². The van der Waals surface area contributed by atoms with Gasteiger partial charge >= 0.3 is 0 Å². The van der Waals surface area contributed by atoms with Crippen LogP contribution in [-0.2, 0) is 27.5 Å². The maximum atomic E-state index is 13.6. The van der Waals surface area contributed by atoms with Gasteiger partial charge in [-0.2, -0.15) is 5.10 Å². The number of likely N-dealkylation sites (tertiary alicyclic amines) is 1. The second kappa shape index (κ2) is 10.5. The van der Waals surface area contributed by atoms with Gasteiger partial charge in [-0.1, -0.05) is 0 Å². The summed E-state index contributed by atoms with van der Waals surface area (Å²) in [4.78, 5) is 49.5. The predicted molar refractivity (Wildman–Crippen MR) is 141 cm³/mol. The minimum absolute atomic E-state index is 0.0238. The number of fused-ring (bicyclic) bond motifs is 2. The second-order valence-corrected chi connectivity index (χ2v) is 11.0. The Hall–Kier alpha value is -3.66. The summed E-state index contributed by atoms with van der Waals surface area (Å²) in [6, 6.07) is 6.86. The first-order valence-electron chi connectivity index (χ1n) is 13.7. The van der Waals surface area contributed by atoms with Crippen molar-refractivity contribution in [1.29, 1.82) is 0 Å². The van der Waals surface area contributed by atoms with E-state index in [2.05, 4.69) is 15.1 Å². The number of Topliss-reactive ketones (excluding diaryl/α,β-unsaturated/α-hetero) is 2. The molecule has 2 aromatic heterocycles. The first-order valence-corrected chi connectivity index (χ1v) is 13.7. The van der Waals surface area contributed by atoms with Gasteiger partial charge in [0.1, 0.15) is 24.6 Å². The Balaban J connectivity index is 1.18. The number of rotatable bonds is 10. The van der Waals surface area contributed by atoms with Gasteiger partial charge in [-0.05, 0) is 68.2 Å². The fourth-order valence-electron chi connectivity index (χ4n) is 6.34. The van der Waals surface area contributed by atoms with E-state index >= 15 is 0 Å². The van der Waals surface area contributed by atoms with Crippen molar-refractivity contribution in [2.24, 2.45) is 11.8 Å². The topological polar surface area (TPSA) is 117 Å². The summed E-state index contributed by atoms with van der Waals surface area (Å²) in [5, 5.41) is 5.13. The van der Waals surface area contributed by atoms with Crippen LogP contribution in [-0.4, -0.2) is 67.4 Å². The van der Waals surface area contributed by atoms with Crippen molar-refractivity contribution in [2.75, 3.05) is 7.11 Å². The molecule has 5 atom stereocenters. The Morgan fingerprint density at radius 2 is 1.90 bits per heavy atom. The highest BCUT2D eigenvalue weighted by molar-refractivity contribution is 6.05. The van der Waals surface area contributed by atoms with E-state index in [-0.39, 0.29) is 54.5 Å². The van der Waals surface area contributed by atoms with E-state index < -0.39 is 0 Å². The molecule has 3 aromatic rings. The number of amides is 1. The van der Waals surface area contributed by atoms with Crippen molar-refractivity contribution < 1.29 is 23.9 Å². The number of benzene rings is 1. The number of aromatic nitrogens is 4. The first-order chi connectivity index (χ1) is 18.9. The molecule has 6 rings (SSSR count). The Morgan fingerprint density at radius 1 is 1.08 bits per heavy atom. The van der Waals surface area contributed by atoms with E-state index in [0.29, 0.717) is 40.7 Å². The van der Waals surface area contributed by atoms with Gasteiger partial charge in [-0.3, -0.25) is 19.1 Å². The second-order valence-electron chi connectivity index (χ2n) is 11.0. The van der Waals surface area contributed by atoms with E-state index in [1.165, 1.54) is 6.92 Å². The molecule has 3 fully saturated rings. The summed E-state index contributed by atoms with van der Waals surface area (Å²) in [6.45, 7) is 1.62. The summed E-state index contributed by atoms with van der Waals surface area (Å²) in [5.74, 6) is 1.68. The van der Waals surface area contributed by atoms with Crippen LogP contribution in [0.15, 0.2) is 36.7 Å². The molecule has 1 aromatic carbocycles. The first kappa shape index (κ1) is 25.6. The maximum Gasteiger partial charge on any atom is 0.245 e. The quantitative estimate of drug-likeness (QED) is 0.366. The zero-order valence-electron chi connectivity index (χ0n) is 22.3. The van der Waals surface area contributed by atoms with E-state index in [0.717, 1.165) is 32.1 Å². The van der Waals surface area contributed by atoms with Gasteiger partial charge in [-0.15, -0.1) is 0 Å². The average molecular weight is 532 g/mol. The molecule has 204 valence electrons. The van der Waals surface area contributed by atoms with Crippen molar-refractivity contribution in [3.05, 3.63) is 48.2 Å². The molecule has 3 aliphatic rings. The minimum atomic E-state index is -0.364. The lowest BCUT2D eigenvalue weighted by molar-refractivity contribution is -0.139. The Bertz CT molecular complexity index is 1410. The number of hydrogen-bond acceptors (Lipinski definition) is 8. The third-order valence-electron chi connectivity index (χ3n) is 8.41. The molecule has 1 amide bonds. The van der Waals surface area contributed by atoms with Crippen LogP contribution in [0.1, 0.15) is 61.8 Å². The van der Waals surface area contributed by atoms with E-state index in [1.54, 1.807) is 42.4 Å². The third kappa shape index (κ3) is 5.17. The fourth-order valence-corrected chi connectivity index (χ4v) is 6.34. The van der Waals surface area contributed by atoms with Crippen LogP contribution in [0.25, 0.3) is 10.9 Å². The predicted octanol–water partition coefficient (Wildman–Crippen LogP) is 3.37. The number of piperidine rings is 1. The molecule has 0 spiro atoms. The van der Waals surface area contributed by atoms with Gasteiger partial charge < -0.3 is 14.4 Å². The lowest BCUT2D eigenvalue weighted by atomic mass is 9.95. The number of nitrogens with zero attached hydrogens (tertiary/aromatic N) is 5. The molecule has 0 bridgehead atoms. The van der Waals surface area contributed by atoms with Crippen molar-refractivity contribution in [2.45, 2.75) is 76.8 Å². The van der Waals surface area contributed by atoms with Crippen LogP contribution < -0.4 is 4.74 Å². The number of hydrogen-bond donors (Lipinski definition) is 0. The van der Waals surface area contributed by atoms with Crippen molar-refractivity contribution in [3.63, 3.8) is 0 Å². The van der Waals surface area contributed by atoms with Crippen LogP contribution in [0.5, 0.6) is 5.75 Å². The Labute approximate surface area is 226 Å². The minimum Gasteiger partial charge on any atom is -0.486 e. The van der Waals surface area contributed by atoms with Crippen LogP contribution in [0, 0.1) is 11.8 Å². The van der Waals surface area contributed by atoms with Crippen molar-refractivity contribution in [3.8, 4) is 5.75 Å². The lowest BCUT2D eigenvalue weighted by Gasteiger charge is -2.27. The summed E-state index contributed by atoms with van der Waals surface area (Å²) in [7, 11) is 1.73. The number of carbonyl (C=O) groups is 3. The number of carbonyl (C=O) groups excluding carboxylic acids is 3. The molecule has 0 N–H and O–H groups in total. The molecule has 10 nitrogen and oxygen atoms in total. The monoisotopic (exact) mass is 531 g/mol. The molecule has 0 unspecified atom stereocenters. The smallest absolute Gasteiger partial charge is 0.245 e. The third-order valence-corrected chi connectivity index (χ3v) is 8.41. The van der Waals surface area contributed by atoms with Crippen LogP contribution >= 0.6 is 0 Å². The van der Waals surface area contributed by atoms with E-state index in [4.69, 9.17) is 9.47 Å². The lowest BCUT2D eigenvalue weighted by Crippen LogP contribution is -2.45. The standard InChI is InChI=1S/C29H33N5O5/c1-17(35)29-22-14-21(39-16-27-30-8-3-9-31-27)6-7-23(22)33(32-29)15-28(37)34-24-12-19(24)13-25(34)26(36)11-18-4-5-20(10-18)38-2/h3,6-9,14,18-20,24-25H,4-5,10-13,15-16H2,1-2H3/t18-,19+,20-,24+,25-/m0/s1. The molecule has 0 radical (unpaired) electrons. The molecule has 1 aliphatic heterocycles. The van der Waals surface area contributed by atoms with E-state index in [1.807, 2.05) is 11.0 Å². The van der Waals surface area contributed by atoms with Gasteiger partial charge in [0, 0.05) is 44.3 Å². The fraction of sp³-hybridized carbons (Fsp3) is 0.517. The molecule has 39 heavy (non-hydrogen) atoms. The Kier molecular flexibility index (Phi) is 6.88. The molecular weight excluding hydrogens is 498 g/mol. The molecule has 2 aliphatic carbocycles. The van der Waals surface area contributed by atoms with Gasteiger partial charge in [0.25, 0.3) is 0 Å². The number of ketones is 2. The molecule has 3 heterocycles.